The lowest BCUT2D eigenvalue weighted by Gasteiger charge is -2.26. The topological polar surface area (TPSA) is 33.7 Å². The molecule has 4 nitrogen and oxygen atoms in total. The van der Waals surface area contributed by atoms with Crippen molar-refractivity contribution in [2.24, 2.45) is 0 Å². The molecule has 1 aromatic carbocycles. The molecule has 0 aliphatic carbocycles. The van der Waals surface area contributed by atoms with Gasteiger partial charge in [-0.15, -0.1) is 0 Å². The molecule has 0 aliphatic rings. The quantitative estimate of drug-likeness (QED) is 0.783. The van der Waals surface area contributed by atoms with Crippen molar-refractivity contribution in [1.82, 2.24) is 10.2 Å². The summed E-state index contributed by atoms with van der Waals surface area (Å²) in [6.45, 7) is 7.43. The number of hydrogen-bond donors (Lipinski definition) is 1. The molecule has 108 valence electrons. The predicted octanol–water partition coefficient (Wildman–Crippen LogP) is 2.31. The highest BCUT2D eigenvalue weighted by Gasteiger charge is 2.17. The lowest BCUT2D eigenvalue weighted by Crippen LogP contribution is -2.33. The molecule has 0 fully saturated rings. The van der Waals surface area contributed by atoms with E-state index in [4.69, 9.17) is 9.47 Å². The number of hydrogen-bond acceptors (Lipinski definition) is 4. The van der Waals surface area contributed by atoms with E-state index < -0.39 is 0 Å². The Kier molecular flexibility index (Phi) is 6.67. The molecule has 0 radical (unpaired) electrons. The Labute approximate surface area is 116 Å². The van der Waals surface area contributed by atoms with Gasteiger partial charge in [0.1, 0.15) is 11.5 Å². The van der Waals surface area contributed by atoms with Crippen molar-refractivity contribution in [3.8, 4) is 11.5 Å². The van der Waals surface area contributed by atoms with Crippen molar-refractivity contribution in [2.45, 2.75) is 19.9 Å². The number of methoxy groups -OCH3 is 2. The number of nitrogens with one attached hydrogen (secondary N) is 1. The lowest BCUT2D eigenvalue weighted by molar-refractivity contribution is 0.267. The monoisotopic (exact) mass is 266 g/mol. The predicted molar refractivity (Wildman–Crippen MR) is 79.1 cm³/mol. The maximum absolute atomic E-state index is 5.48. The molecule has 1 atom stereocenters. The zero-order valence-corrected chi connectivity index (χ0v) is 12.7. The summed E-state index contributed by atoms with van der Waals surface area (Å²) in [5, 5.41) is 3.37. The fourth-order valence-corrected chi connectivity index (χ4v) is 2.19. The molecule has 4 heteroatoms. The fourth-order valence-electron chi connectivity index (χ4n) is 2.19. The fraction of sp³-hybridized carbons (Fsp3) is 0.600. The summed E-state index contributed by atoms with van der Waals surface area (Å²) in [5.41, 5.74) is 1.16. The van der Waals surface area contributed by atoms with Crippen LogP contribution in [0.5, 0.6) is 11.5 Å². The smallest absolute Gasteiger partial charge is 0.127 e. The van der Waals surface area contributed by atoms with Crippen molar-refractivity contribution >= 4 is 0 Å². The van der Waals surface area contributed by atoms with E-state index in [1.807, 2.05) is 19.2 Å². The molecule has 0 saturated heterocycles. The second-order valence-electron chi connectivity index (χ2n) is 4.43. The highest BCUT2D eigenvalue weighted by Crippen LogP contribution is 2.29. The Hall–Kier alpha value is -1.26. The third kappa shape index (κ3) is 4.11. The van der Waals surface area contributed by atoms with Gasteiger partial charge in [0.2, 0.25) is 0 Å². The zero-order chi connectivity index (χ0) is 14.3. The van der Waals surface area contributed by atoms with Gasteiger partial charge in [0.05, 0.1) is 14.2 Å². The molecule has 19 heavy (non-hydrogen) atoms. The normalized spacial score (nSPS) is 12.5. The molecule has 1 N–H and O–H groups in total. The third-order valence-electron chi connectivity index (χ3n) is 3.50. The summed E-state index contributed by atoms with van der Waals surface area (Å²) in [5.74, 6) is 1.68. The summed E-state index contributed by atoms with van der Waals surface area (Å²) in [7, 11) is 5.35. The van der Waals surface area contributed by atoms with E-state index in [0.29, 0.717) is 0 Å². The maximum Gasteiger partial charge on any atom is 0.127 e. The Morgan fingerprint density at radius 2 is 1.84 bits per heavy atom. The summed E-state index contributed by atoms with van der Waals surface area (Å²) in [4.78, 5) is 2.39. The number of nitrogens with zero attached hydrogens (tertiary/aromatic N) is 1. The number of ether oxygens (including phenoxy) is 2. The van der Waals surface area contributed by atoms with E-state index in [9.17, 15) is 0 Å². The van der Waals surface area contributed by atoms with E-state index in [1.165, 1.54) is 0 Å². The maximum atomic E-state index is 5.48. The van der Waals surface area contributed by atoms with Crippen LogP contribution in [0, 0.1) is 0 Å². The highest BCUT2D eigenvalue weighted by atomic mass is 16.5. The lowest BCUT2D eigenvalue weighted by atomic mass is 10.0. The molecule has 0 saturated carbocycles. The Morgan fingerprint density at radius 3 is 2.32 bits per heavy atom. The minimum atomic E-state index is 0.251. The first kappa shape index (κ1) is 15.8. The molecule has 0 heterocycles. The molecule has 1 unspecified atom stereocenters. The van der Waals surface area contributed by atoms with Crippen LogP contribution in [-0.2, 0) is 0 Å². The molecule has 1 aromatic rings. The van der Waals surface area contributed by atoms with Crippen molar-refractivity contribution in [3.63, 3.8) is 0 Å². The molecular formula is C15H26N2O2. The number of benzene rings is 1. The Balaban J connectivity index is 2.96. The first-order chi connectivity index (χ1) is 9.19. The van der Waals surface area contributed by atoms with E-state index in [2.05, 4.69) is 30.1 Å². The van der Waals surface area contributed by atoms with Crippen molar-refractivity contribution in [1.29, 1.82) is 0 Å². The van der Waals surface area contributed by atoms with Crippen LogP contribution < -0.4 is 14.8 Å². The van der Waals surface area contributed by atoms with Gasteiger partial charge in [-0.05, 0) is 26.2 Å². The van der Waals surface area contributed by atoms with E-state index in [0.717, 1.165) is 36.7 Å². The average Bonchev–Trinajstić information content (AvgIpc) is 2.48. The minimum absolute atomic E-state index is 0.251. The van der Waals surface area contributed by atoms with Crippen LogP contribution >= 0.6 is 0 Å². The Bertz CT molecular complexity index is 378. The van der Waals surface area contributed by atoms with Crippen LogP contribution in [-0.4, -0.2) is 45.8 Å². The molecular weight excluding hydrogens is 240 g/mol. The zero-order valence-electron chi connectivity index (χ0n) is 12.7. The molecule has 0 spiro atoms. The van der Waals surface area contributed by atoms with Gasteiger partial charge in [0.25, 0.3) is 0 Å². The molecule has 0 bridgehead atoms. The van der Waals surface area contributed by atoms with Crippen LogP contribution in [0.1, 0.15) is 25.5 Å². The first-order valence-electron chi connectivity index (χ1n) is 6.81. The number of rotatable bonds is 8. The summed E-state index contributed by atoms with van der Waals surface area (Å²) < 4.78 is 10.7. The molecule has 0 aliphatic heterocycles. The van der Waals surface area contributed by atoms with E-state index in [1.54, 1.807) is 14.2 Å². The molecule has 0 aromatic heterocycles. The van der Waals surface area contributed by atoms with Gasteiger partial charge >= 0.3 is 0 Å². The van der Waals surface area contributed by atoms with Gasteiger partial charge in [-0.1, -0.05) is 19.9 Å². The molecule has 1 rings (SSSR count). The van der Waals surface area contributed by atoms with E-state index in [-0.39, 0.29) is 6.04 Å². The Morgan fingerprint density at radius 1 is 1.16 bits per heavy atom. The van der Waals surface area contributed by atoms with Crippen molar-refractivity contribution in [3.05, 3.63) is 23.8 Å². The highest BCUT2D eigenvalue weighted by molar-refractivity contribution is 5.42. The van der Waals surface area contributed by atoms with Crippen molar-refractivity contribution in [2.75, 3.05) is 40.9 Å². The van der Waals surface area contributed by atoms with Gasteiger partial charge in [0.15, 0.2) is 0 Å². The number of likely N-dealkylation sites (N-methyl/N-ethyl adjacent to an activating group) is 2. The van der Waals surface area contributed by atoms with Crippen LogP contribution in [0.25, 0.3) is 0 Å². The van der Waals surface area contributed by atoms with Crippen molar-refractivity contribution < 1.29 is 9.47 Å². The third-order valence-corrected chi connectivity index (χ3v) is 3.50. The molecule has 0 amide bonds. The summed E-state index contributed by atoms with van der Waals surface area (Å²) in [6, 6.07) is 6.23. The van der Waals surface area contributed by atoms with Gasteiger partial charge in [0, 0.05) is 24.2 Å². The van der Waals surface area contributed by atoms with Crippen LogP contribution in [0.4, 0.5) is 0 Å². The second kappa shape index (κ2) is 8.02. The van der Waals surface area contributed by atoms with Crippen LogP contribution in [0.2, 0.25) is 0 Å². The minimum Gasteiger partial charge on any atom is -0.497 e. The van der Waals surface area contributed by atoms with Gasteiger partial charge in [-0.25, -0.2) is 0 Å². The van der Waals surface area contributed by atoms with Gasteiger partial charge < -0.3 is 19.7 Å². The van der Waals surface area contributed by atoms with Crippen LogP contribution in [0.3, 0.4) is 0 Å². The van der Waals surface area contributed by atoms with Gasteiger partial charge in [-0.2, -0.15) is 0 Å². The van der Waals surface area contributed by atoms with Gasteiger partial charge in [-0.3, -0.25) is 0 Å². The summed E-state index contributed by atoms with van der Waals surface area (Å²) >= 11 is 0. The largest absolute Gasteiger partial charge is 0.497 e. The SMILES string of the molecule is CCN(CC)CC(NC)c1ccc(OC)cc1OC. The van der Waals surface area contributed by atoms with E-state index >= 15 is 0 Å². The average molecular weight is 266 g/mol. The standard InChI is InChI=1S/C15H26N2O2/c1-6-17(7-2)11-14(16-3)13-9-8-12(18-4)10-15(13)19-5/h8-10,14,16H,6-7,11H2,1-5H3. The van der Waals surface area contributed by atoms with Crippen LogP contribution in [0.15, 0.2) is 18.2 Å². The summed E-state index contributed by atoms with van der Waals surface area (Å²) in [6.07, 6.45) is 0. The second-order valence-corrected chi connectivity index (χ2v) is 4.43. The first-order valence-corrected chi connectivity index (χ1v) is 6.81.